The Bertz CT molecular complexity index is 773. The lowest BCUT2D eigenvalue weighted by Crippen LogP contribution is -2.41. The predicted molar refractivity (Wildman–Crippen MR) is 95.3 cm³/mol. The van der Waals surface area contributed by atoms with Gasteiger partial charge in [-0.25, -0.2) is 13.2 Å². The lowest BCUT2D eigenvalue weighted by molar-refractivity contribution is -0.139. The highest BCUT2D eigenvalue weighted by Crippen LogP contribution is 2.29. The molecular formula is C17H24N2O5S. The summed E-state index contributed by atoms with van der Waals surface area (Å²) in [5, 5.41) is 11.8. The minimum atomic E-state index is -3.36. The molecule has 0 spiro atoms. The first kappa shape index (κ1) is 19.2. The zero-order chi connectivity index (χ0) is 18.8. The van der Waals surface area contributed by atoms with Crippen molar-refractivity contribution in [3.05, 3.63) is 29.3 Å². The molecule has 0 radical (unpaired) electrons. The van der Waals surface area contributed by atoms with Crippen molar-refractivity contribution in [1.82, 2.24) is 5.32 Å². The molecule has 2 rings (SSSR count). The molecule has 0 aliphatic carbocycles. The number of nitrogens with one attached hydrogen (secondary N) is 1. The number of sulfonamides is 1. The van der Waals surface area contributed by atoms with Crippen LogP contribution in [-0.2, 0) is 21.2 Å². The Hall–Kier alpha value is -2.09. The predicted octanol–water partition coefficient (Wildman–Crippen LogP) is 1.63. The number of aryl methyl sites for hydroxylation is 1. The van der Waals surface area contributed by atoms with Gasteiger partial charge in [0.25, 0.3) is 5.91 Å². The van der Waals surface area contributed by atoms with Crippen LogP contribution < -0.4 is 9.62 Å². The zero-order valence-corrected chi connectivity index (χ0v) is 15.5. The fourth-order valence-corrected chi connectivity index (χ4v) is 3.98. The van der Waals surface area contributed by atoms with Crippen molar-refractivity contribution >= 4 is 27.6 Å². The number of carboxylic acids is 1. The van der Waals surface area contributed by atoms with Gasteiger partial charge in [0.1, 0.15) is 6.04 Å². The van der Waals surface area contributed by atoms with E-state index >= 15 is 0 Å². The maximum Gasteiger partial charge on any atom is 0.326 e. The van der Waals surface area contributed by atoms with Gasteiger partial charge in [-0.2, -0.15) is 0 Å². The third kappa shape index (κ3) is 4.72. The van der Waals surface area contributed by atoms with E-state index in [0.29, 0.717) is 37.1 Å². The van der Waals surface area contributed by atoms with Gasteiger partial charge in [0.15, 0.2) is 0 Å². The number of anilines is 1. The number of hydrogen-bond acceptors (Lipinski definition) is 4. The molecule has 0 saturated carbocycles. The molecular weight excluding hydrogens is 344 g/mol. The van der Waals surface area contributed by atoms with Crippen LogP contribution >= 0.6 is 0 Å². The minimum absolute atomic E-state index is 0.133. The van der Waals surface area contributed by atoms with Gasteiger partial charge in [0.2, 0.25) is 10.0 Å². The zero-order valence-electron chi connectivity index (χ0n) is 14.7. The Balaban J connectivity index is 2.24. The number of fused-ring (bicyclic) bond motifs is 1. The maximum absolute atomic E-state index is 12.4. The third-order valence-corrected chi connectivity index (χ3v) is 5.31. The fourth-order valence-electron chi connectivity index (χ4n) is 2.98. The highest BCUT2D eigenvalue weighted by molar-refractivity contribution is 7.92. The first-order chi connectivity index (χ1) is 11.6. The fraction of sp³-hybridized carbons (Fsp3) is 0.529. The van der Waals surface area contributed by atoms with Gasteiger partial charge in [-0.05, 0) is 48.9 Å². The van der Waals surface area contributed by atoms with Crippen molar-refractivity contribution in [3.8, 4) is 0 Å². The molecule has 1 aliphatic rings. The van der Waals surface area contributed by atoms with Crippen LogP contribution in [-0.4, -0.2) is 44.2 Å². The van der Waals surface area contributed by atoms with Crippen molar-refractivity contribution < 1.29 is 23.1 Å². The van der Waals surface area contributed by atoms with Crippen molar-refractivity contribution in [3.63, 3.8) is 0 Å². The molecule has 0 saturated heterocycles. The first-order valence-corrected chi connectivity index (χ1v) is 10.1. The van der Waals surface area contributed by atoms with Gasteiger partial charge in [0.05, 0.1) is 11.9 Å². The van der Waals surface area contributed by atoms with E-state index in [9.17, 15) is 23.1 Å². The topological polar surface area (TPSA) is 104 Å². The molecule has 0 aromatic heterocycles. The van der Waals surface area contributed by atoms with Gasteiger partial charge >= 0.3 is 5.97 Å². The lowest BCUT2D eigenvalue weighted by atomic mass is 9.99. The molecule has 1 aromatic carbocycles. The normalized spacial score (nSPS) is 15.6. The molecule has 7 nitrogen and oxygen atoms in total. The van der Waals surface area contributed by atoms with E-state index in [1.54, 1.807) is 12.1 Å². The Kier molecular flexibility index (Phi) is 5.72. The monoisotopic (exact) mass is 368 g/mol. The van der Waals surface area contributed by atoms with Gasteiger partial charge in [-0.3, -0.25) is 9.10 Å². The second kappa shape index (κ2) is 7.43. The Morgan fingerprint density at radius 1 is 1.32 bits per heavy atom. The number of rotatable bonds is 6. The number of aliphatic carboxylic acids is 1. The highest BCUT2D eigenvalue weighted by Gasteiger charge is 2.26. The van der Waals surface area contributed by atoms with Crippen LogP contribution in [0.3, 0.4) is 0 Å². The SMILES string of the molecule is CC(C)C[C@@H](NC(=O)c1ccc2c(c1)CCCN2S(C)(=O)=O)C(=O)O. The standard InChI is InChI=1S/C17H24N2O5S/c1-11(2)9-14(17(21)22)18-16(20)13-6-7-15-12(10-13)5-4-8-19(15)25(3,23)24/h6-7,10-11,14H,4-5,8-9H2,1-3H3,(H,18,20)(H,21,22)/t14-/m1/s1. The van der Waals surface area contributed by atoms with E-state index in [0.717, 1.165) is 11.8 Å². The number of carbonyl (C=O) groups excluding carboxylic acids is 1. The molecule has 0 fully saturated rings. The summed E-state index contributed by atoms with van der Waals surface area (Å²) in [7, 11) is -3.36. The molecule has 0 bridgehead atoms. The second-order valence-corrected chi connectivity index (χ2v) is 8.68. The smallest absolute Gasteiger partial charge is 0.326 e. The quantitative estimate of drug-likeness (QED) is 0.794. The number of benzene rings is 1. The number of nitrogens with zero attached hydrogens (tertiary/aromatic N) is 1. The summed E-state index contributed by atoms with van der Waals surface area (Å²) in [4.78, 5) is 23.7. The summed E-state index contributed by atoms with van der Waals surface area (Å²) in [6, 6.07) is 3.85. The van der Waals surface area contributed by atoms with E-state index in [1.165, 1.54) is 10.4 Å². The number of hydrogen-bond donors (Lipinski definition) is 2. The first-order valence-electron chi connectivity index (χ1n) is 8.24. The molecule has 8 heteroatoms. The molecule has 1 aliphatic heterocycles. The second-order valence-electron chi connectivity index (χ2n) is 6.78. The van der Waals surface area contributed by atoms with Crippen LogP contribution in [0, 0.1) is 5.92 Å². The summed E-state index contributed by atoms with van der Waals surface area (Å²) in [6.45, 7) is 4.20. The molecule has 1 amide bonds. The molecule has 1 aromatic rings. The Labute approximate surface area is 148 Å². The van der Waals surface area contributed by atoms with E-state index in [2.05, 4.69) is 5.32 Å². The van der Waals surface area contributed by atoms with E-state index in [4.69, 9.17) is 0 Å². The molecule has 2 N–H and O–H groups in total. The average molecular weight is 368 g/mol. The summed E-state index contributed by atoms with van der Waals surface area (Å²) < 4.78 is 25.1. The van der Waals surface area contributed by atoms with Crippen molar-refractivity contribution in [2.24, 2.45) is 5.92 Å². The van der Waals surface area contributed by atoms with Gasteiger partial charge in [-0.15, -0.1) is 0 Å². The van der Waals surface area contributed by atoms with Crippen LogP contribution in [0.25, 0.3) is 0 Å². The molecule has 1 atom stereocenters. The van der Waals surface area contributed by atoms with Gasteiger partial charge < -0.3 is 10.4 Å². The van der Waals surface area contributed by atoms with E-state index < -0.39 is 27.9 Å². The Morgan fingerprint density at radius 2 is 2.00 bits per heavy atom. The van der Waals surface area contributed by atoms with E-state index in [-0.39, 0.29) is 5.92 Å². The number of carboxylic acid groups (broad SMARTS) is 1. The summed E-state index contributed by atoms with van der Waals surface area (Å²) in [6.07, 6.45) is 2.85. The van der Waals surface area contributed by atoms with Crippen LogP contribution in [0.1, 0.15) is 42.6 Å². The number of amides is 1. The minimum Gasteiger partial charge on any atom is -0.480 e. The van der Waals surface area contributed by atoms with Crippen molar-refractivity contribution in [2.75, 3.05) is 17.1 Å². The lowest BCUT2D eigenvalue weighted by Gasteiger charge is -2.29. The van der Waals surface area contributed by atoms with Crippen LogP contribution in [0.2, 0.25) is 0 Å². The summed E-state index contributed by atoms with van der Waals surface area (Å²) in [5.41, 5.74) is 1.70. The average Bonchev–Trinajstić information content (AvgIpc) is 2.51. The van der Waals surface area contributed by atoms with Crippen LogP contribution in [0.4, 0.5) is 5.69 Å². The maximum atomic E-state index is 12.4. The van der Waals surface area contributed by atoms with Crippen LogP contribution in [0.15, 0.2) is 18.2 Å². The molecule has 1 heterocycles. The van der Waals surface area contributed by atoms with Crippen molar-refractivity contribution in [1.29, 1.82) is 0 Å². The number of carbonyl (C=O) groups is 2. The molecule has 25 heavy (non-hydrogen) atoms. The molecule has 0 unspecified atom stereocenters. The molecule has 138 valence electrons. The largest absolute Gasteiger partial charge is 0.480 e. The van der Waals surface area contributed by atoms with Gasteiger partial charge in [0, 0.05) is 12.1 Å². The highest BCUT2D eigenvalue weighted by atomic mass is 32.2. The van der Waals surface area contributed by atoms with Gasteiger partial charge in [-0.1, -0.05) is 13.8 Å². The summed E-state index contributed by atoms with van der Waals surface area (Å²) in [5.74, 6) is -1.40. The summed E-state index contributed by atoms with van der Waals surface area (Å²) >= 11 is 0. The van der Waals surface area contributed by atoms with E-state index in [1.807, 2.05) is 13.8 Å². The Morgan fingerprint density at radius 3 is 2.56 bits per heavy atom. The van der Waals surface area contributed by atoms with Crippen LogP contribution in [0.5, 0.6) is 0 Å². The van der Waals surface area contributed by atoms with Crippen molar-refractivity contribution in [2.45, 2.75) is 39.2 Å². The third-order valence-electron chi connectivity index (χ3n) is 4.13.